The summed E-state index contributed by atoms with van der Waals surface area (Å²) in [4.78, 5) is 1.65. The lowest BCUT2D eigenvalue weighted by Crippen LogP contribution is -2.40. The summed E-state index contributed by atoms with van der Waals surface area (Å²) in [5.41, 5.74) is 0.397. The number of alkyl halides is 2. The van der Waals surface area contributed by atoms with E-state index in [0.717, 1.165) is 19.4 Å². The minimum absolute atomic E-state index is 0.265. The Morgan fingerprint density at radius 1 is 1.24 bits per heavy atom. The molecule has 0 aliphatic carbocycles. The molecular weight excluding hydrogens is 298 g/mol. The number of sulfone groups is 1. The van der Waals surface area contributed by atoms with Gasteiger partial charge >= 0.3 is 5.76 Å². The van der Waals surface area contributed by atoms with Gasteiger partial charge in [-0.25, -0.2) is 8.42 Å². The van der Waals surface area contributed by atoms with Crippen LogP contribution in [0.15, 0.2) is 29.2 Å². The Kier molecular flexibility index (Phi) is 3.88. The van der Waals surface area contributed by atoms with Gasteiger partial charge in [0.15, 0.2) is 0 Å². The Balaban J connectivity index is 1.93. The molecule has 4 nitrogen and oxygen atoms in total. The third-order valence-corrected chi connectivity index (χ3v) is 5.77. The Morgan fingerprint density at radius 3 is 2.71 bits per heavy atom. The number of anilines is 1. The Morgan fingerprint density at radius 2 is 2.00 bits per heavy atom. The first kappa shape index (κ1) is 14.7. The summed E-state index contributed by atoms with van der Waals surface area (Å²) < 4.78 is 49.3. The number of para-hydroxylation sites is 1. The Hall–Kier alpha value is -1.21. The van der Waals surface area contributed by atoms with Crippen molar-refractivity contribution in [3.63, 3.8) is 0 Å². The zero-order valence-corrected chi connectivity index (χ0v) is 12.3. The van der Waals surface area contributed by atoms with Crippen molar-refractivity contribution < 1.29 is 17.2 Å². The zero-order chi connectivity index (χ0) is 15.0. The number of benzene rings is 1. The van der Waals surface area contributed by atoms with Gasteiger partial charge in [-0.2, -0.15) is 8.78 Å². The molecule has 2 saturated heterocycles. The van der Waals surface area contributed by atoms with Crippen molar-refractivity contribution in [2.75, 3.05) is 24.5 Å². The summed E-state index contributed by atoms with van der Waals surface area (Å²) in [6, 6.07) is 6.38. The van der Waals surface area contributed by atoms with E-state index in [1.54, 1.807) is 12.1 Å². The second-order valence-corrected chi connectivity index (χ2v) is 7.53. The van der Waals surface area contributed by atoms with Crippen LogP contribution in [-0.2, 0) is 9.84 Å². The lowest BCUT2D eigenvalue weighted by Gasteiger charge is -2.24. The van der Waals surface area contributed by atoms with Gasteiger partial charge in [0.1, 0.15) is 0 Å². The number of nitrogens with one attached hydrogen (secondary N) is 1. The summed E-state index contributed by atoms with van der Waals surface area (Å²) in [6.45, 7) is 2.35. The van der Waals surface area contributed by atoms with Crippen LogP contribution in [0.5, 0.6) is 0 Å². The van der Waals surface area contributed by atoms with Gasteiger partial charge in [0.25, 0.3) is 0 Å². The number of halogens is 2. The Bertz CT molecular complexity index is 607. The van der Waals surface area contributed by atoms with Crippen LogP contribution >= 0.6 is 0 Å². The topological polar surface area (TPSA) is 49.4 Å². The Labute approximate surface area is 123 Å². The quantitative estimate of drug-likeness (QED) is 0.925. The summed E-state index contributed by atoms with van der Waals surface area (Å²) >= 11 is 0. The molecule has 2 fully saturated rings. The van der Waals surface area contributed by atoms with Crippen LogP contribution in [0.4, 0.5) is 14.5 Å². The molecule has 0 radical (unpaired) electrons. The molecule has 0 spiro atoms. The number of nitrogens with zero attached hydrogens (tertiary/aromatic N) is 1. The van der Waals surface area contributed by atoms with Gasteiger partial charge < -0.3 is 10.2 Å². The molecule has 2 aliphatic rings. The van der Waals surface area contributed by atoms with E-state index in [2.05, 4.69) is 5.32 Å². The molecule has 3 rings (SSSR count). The zero-order valence-electron chi connectivity index (χ0n) is 11.5. The second-order valence-electron chi connectivity index (χ2n) is 5.64. The van der Waals surface area contributed by atoms with Gasteiger partial charge in [-0.1, -0.05) is 12.1 Å². The van der Waals surface area contributed by atoms with Crippen LogP contribution in [-0.4, -0.2) is 39.9 Å². The van der Waals surface area contributed by atoms with Crippen molar-refractivity contribution in [2.45, 2.75) is 29.5 Å². The fourth-order valence-electron chi connectivity index (χ4n) is 3.30. The largest absolute Gasteiger partial charge is 0.369 e. The normalized spacial score (nSPS) is 26.1. The smallest absolute Gasteiger partial charge is 0.341 e. The average molecular weight is 316 g/mol. The van der Waals surface area contributed by atoms with Crippen molar-refractivity contribution in [3.05, 3.63) is 24.3 Å². The van der Waals surface area contributed by atoms with E-state index in [-0.39, 0.29) is 4.90 Å². The van der Waals surface area contributed by atoms with E-state index in [4.69, 9.17) is 0 Å². The van der Waals surface area contributed by atoms with Crippen LogP contribution in [0.3, 0.4) is 0 Å². The molecule has 2 heterocycles. The summed E-state index contributed by atoms with van der Waals surface area (Å²) in [7, 11) is -4.57. The number of fused-ring (bicyclic) bond motifs is 1. The van der Waals surface area contributed by atoms with Gasteiger partial charge in [0.2, 0.25) is 9.84 Å². The van der Waals surface area contributed by atoms with Gasteiger partial charge in [0.05, 0.1) is 10.6 Å². The van der Waals surface area contributed by atoms with Crippen molar-refractivity contribution in [3.8, 4) is 0 Å². The van der Waals surface area contributed by atoms with E-state index >= 15 is 0 Å². The fourth-order valence-corrected chi connectivity index (χ4v) is 4.25. The molecule has 0 aromatic heterocycles. The maximum atomic E-state index is 12.8. The molecule has 2 aliphatic heterocycles. The molecule has 7 heteroatoms. The highest BCUT2D eigenvalue weighted by atomic mass is 32.2. The standard InChI is InChI=1S/C14H18F2N2O2S/c15-14(16)21(19,20)13-6-2-1-5-12(13)18-8-10-4-3-7-17-11(10)9-18/h1-2,5-6,10-11,14,17H,3-4,7-9H2. The first-order valence-corrected chi connectivity index (χ1v) is 8.64. The molecule has 0 bridgehead atoms. The SMILES string of the molecule is O=S(=O)(c1ccccc1N1CC2CCCNC2C1)C(F)F. The lowest BCUT2D eigenvalue weighted by atomic mass is 9.94. The van der Waals surface area contributed by atoms with Gasteiger partial charge in [0, 0.05) is 19.1 Å². The highest BCUT2D eigenvalue weighted by Crippen LogP contribution is 2.34. The first-order valence-electron chi connectivity index (χ1n) is 7.09. The van der Waals surface area contributed by atoms with E-state index in [0.29, 0.717) is 30.7 Å². The number of rotatable bonds is 3. The molecule has 1 aromatic rings. The summed E-state index contributed by atoms with van der Waals surface area (Å²) in [5.74, 6) is -2.93. The van der Waals surface area contributed by atoms with Crippen molar-refractivity contribution in [2.24, 2.45) is 5.92 Å². The van der Waals surface area contributed by atoms with Crippen molar-refractivity contribution in [1.82, 2.24) is 5.32 Å². The first-order chi connectivity index (χ1) is 10.00. The molecule has 2 unspecified atom stereocenters. The second kappa shape index (κ2) is 5.53. The van der Waals surface area contributed by atoms with Gasteiger partial charge in [-0.05, 0) is 37.4 Å². The predicted octanol–water partition coefficient (Wildman–Crippen LogP) is 1.87. The van der Waals surface area contributed by atoms with Crippen molar-refractivity contribution in [1.29, 1.82) is 0 Å². The molecular formula is C14H18F2N2O2S. The maximum Gasteiger partial charge on any atom is 0.341 e. The maximum absolute atomic E-state index is 12.8. The van der Waals surface area contributed by atoms with E-state index in [1.807, 2.05) is 4.90 Å². The van der Waals surface area contributed by atoms with E-state index < -0.39 is 15.6 Å². The molecule has 0 saturated carbocycles. The highest BCUT2D eigenvalue weighted by molar-refractivity contribution is 7.91. The minimum atomic E-state index is -4.57. The molecule has 0 amide bonds. The van der Waals surface area contributed by atoms with Crippen LogP contribution < -0.4 is 10.2 Å². The lowest BCUT2D eigenvalue weighted by molar-refractivity contribution is 0.235. The summed E-state index contributed by atoms with van der Waals surface area (Å²) in [6.07, 6.45) is 2.20. The molecule has 1 aromatic carbocycles. The van der Waals surface area contributed by atoms with Gasteiger partial charge in [-0.15, -0.1) is 0 Å². The number of hydrogen-bond acceptors (Lipinski definition) is 4. The number of piperidine rings is 1. The van der Waals surface area contributed by atoms with E-state index in [9.17, 15) is 17.2 Å². The average Bonchev–Trinajstić information content (AvgIpc) is 2.91. The van der Waals surface area contributed by atoms with Crippen LogP contribution in [0, 0.1) is 5.92 Å². The molecule has 2 atom stereocenters. The van der Waals surface area contributed by atoms with Crippen molar-refractivity contribution >= 4 is 15.5 Å². The fraction of sp³-hybridized carbons (Fsp3) is 0.571. The van der Waals surface area contributed by atoms with Crippen LogP contribution in [0.1, 0.15) is 12.8 Å². The molecule has 1 N–H and O–H groups in total. The third-order valence-electron chi connectivity index (χ3n) is 4.35. The van der Waals surface area contributed by atoms with Crippen LogP contribution in [0.2, 0.25) is 0 Å². The number of hydrogen-bond donors (Lipinski definition) is 1. The van der Waals surface area contributed by atoms with Crippen LogP contribution in [0.25, 0.3) is 0 Å². The third kappa shape index (κ3) is 2.64. The van der Waals surface area contributed by atoms with E-state index in [1.165, 1.54) is 12.1 Å². The van der Waals surface area contributed by atoms with Gasteiger partial charge in [-0.3, -0.25) is 0 Å². The highest BCUT2D eigenvalue weighted by Gasteiger charge is 2.37. The molecule has 21 heavy (non-hydrogen) atoms. The monoisotopic (exact) mass is 316 g/mol. The summed E-state index contributed by atoms with van der Waals surface area (Å²) in [5, 5.41) is 3.42. The predicted molar refractivity (Wildman–Crippen MR) is 76.4 cm³/mol. The molecule has 116 valence electrons. The minimum Gasteiger partial charge on any atom is -0.369 e.